The number of hydrogen-bond donors (Lipinski definition) is 0. The van der Waals surface area contributed by atoms with Gasteiger partial charge in [-0.25, -0.2) is 0 Å². The number of rotatable bonds is 2. The lowest BCUT2D eigenvalue weighted by molar-refractivity contribution is 0.613. The van der Waals surface area contributed by atoms with Gasteiger partial charge in [-0.3, -0.25) is 0 Å². The van der Waals surface area contributed by atoms with E-state index in [1.807, 2.05) is 12.1 Å². The Kier molecular flexibility index (Phi) is 4.50. The van der Waals surface area contributed by atoms with Crippen molar-refractivity contribution >= 4 is 11.4 Å². The molecule has 0 aliphatic carbocycles. The van der Waals surface area contributed by atoms with E-state index in [0.717, 1.165) is 61.3 Å². The lowest BCUT2D eigenvalue weighted by atomic mass is 9.91. The highest BCUT2D eigenvalue weighted by atomic mass is 15.2. The number of para-hydroxylation sites is 1. The zero-order chi connectivity index (χ0) is 19.0. The summed E-state index contributed by atoms with van der Waals surface area (Å²) in [5.74, 6) is 0. The Hall–Kier alpha value is -2.98. The Bertz CT molecular complexity index is 964. The molecule has 4 heteroatoms. The topological polar surface area (TPSA) is 54.1 Å². The minimum Gasteiger partial charge on any atom is -0.373 e. The molecule has 4 nitrogen and oxygen atoms in total. The van der Waals surface area contributed by atoms with E-state index in [4.69, 9.17) is 0 Å². The monoisotopic (exact) mass is 356 g/mol. The maximum absolute atomic E-state index is 9.73. The molecule has 27 heavy (non-hydrogen) atoms. The van der Waals surface area contributed by atoms with Crippen LogP contribution in [0.15, 0.2) is 30.3 Å². The molecule has 0 saturated heterocycles. The number of aryl methyl sites for hydroxylation is 2. The highest BCUT2D eigenvalue weighted by molar-refractivity contribution is 5.69. The van der Waals surface area contributed by atoms with Crippen LogP contribution in [0.5, 0.6) is 0 Å². The van der Waals surface area contributed by atoms with E-state index in [9.17, 15) is 10.5 Å². The third kappa shape index (κ3) is 2.92. The predicted octanol–water partition coefficient (Wildman–Crippen LogP) is 4.33. The molecule has 2 aromatic carbocycles. The number of fused-ring (bicyclic) bond motifs is 2. The highest BCUT2D eigenvalue weighted by Gasteiger charge is 2.27. The quantitative estimate of drug-likeness (QED) is 0.804. The second-order valence-corrected chi connectivity index (χ2v) is 7.61. The van der Waals surface area contributed by atoms with Gasteiger partial charge in [0.25, 0.3) is 0 Å². The second-order valence-electron chi connectivity index (χ2n) is 7.61. The second kappa shape index (κ2) is 6.97. The standard InChI is InChI=1S/C23H24N4/c1-16(27-11-5-8-17-6-3-7-19(14-24)23(17)27)20-12-18-9-4-10-26(2)22(18)21(13-20)15-25/h3,6-7,12-13,16H,4-5,8-11H2,1-2H3/t16-/m0/s1. The van der Waals surface area contributed by atoms with Crippen molar-refractivity contribution in [1.82, 2.24) is 0 Å². The van der Waals surface area contributed by atoms with Gasteiger partial charge < -0.3 is 9.80 Å². The van der Waals surface area contributed by atoms with Crippen LogP contribution < -0.4 is 9.80 Å². The first-order chi connectivity index (χ1) is 13.1. The molecule has 0 amide bonds. The fourth-order valence-electron chi connectivity index (χ4n) is 4.65. The average Bonchev–Trinajstić information content (AvgIpc) is 2.71. The summed E-state index contributed by atoms with van der Waals surface area (Å²) >= 11 is 0. The fraction of sp³-hybridized carbons (Fsp3) is 0.391. The summed E-state index contributed by atoms with van der Waals surface area (Å²) in [5.41, 5.74) is 7.38. The van der Waals surface area contributed by atoms with Crippen molar-refractivity contribution in [3.63, 3.8) is 0 Å². The largest absolute Gasteiger partial charge is 0.373 e. The molecule has 0 N–H and O–H groups in total. The number of benzene rings is 2. The van der Waals surface area contributed by atoms with Gasteiger partial charge in [0.15, 0.2) is 0 Å². The van der Waals surface area contributed by atoms with E-state index in [-0.39, 0.29) is 6.04 Å². The number of anilines is 2. The normalized spacial score (nSPS) is 16.7. The molecule has 0 radical (unpaired) electrons. The van der Waals surface area contributed by atoms with Crippen LogP contribution >= 0.6 is 0 Å². The first-order valence-corrected chi connectivity index (χ1v) is 9.70. The Morgan fingerprint density at radius 1 is 0.926 bits per heavy atom. The minimum atomic E-state index is 0.128. The van der Waals surface area contributed by atoms with Crippen LogP contribution in [0.3, 0.4) is 0 Å². The molecule has 2 aromatic rings. The van der Waals surface area contributed by atoms with E-state index in [2.05, 4.69) is 54.1 Å². The van der Waals surface area contributed by atoms with Gasteiger partial charge in [-0.2, -0.15) is 10.5 Å². The molecular formula is C23H24N4. The van der Waals surface area contributed by atoms with Crippen LogP contribution in [-0.2, 0) is 12.8 Å². The first-order valence-electron chi connectivity index (χ1n) is 9.70. The molecule has 0 spiro atoms. The molecule has 0 unspecified atom stereocenters. The zero-order valence-electron chi connectivity index (χ0n) is 16.0. The maximum Gasteiger partial charge on any atom is 0.101 e. The number of hydrogen-bond acceptors (Lipinski definition) is 4. The predicted molar refractivity (Wildman–Crippen MR) is 108 cm³/mol. The smallest absolute Gasteiger partial charge is 0.101 e. The van der Waals surface area contributed by atoms with E-state index in [0.29, 0.717) is 0 Å². The van der Waals surface area contributed by atoms with Crippen LogP contribution in [0.1, 0.15) is 53.6 Å². The van der Waals surface area contributed by atoms with Crippen molar-refractivity contribution in [2.24, 2.45) is 0 Å². The molecule has 2 aliphatic rings. The Morgan fingerprint density at radius 3 is 2.44 bits per heavy atom. The summed E-state index contributed by atoms with van der Waals surface area (Å²) < 4.78 is 0. The van der Waals surface area contributed by atoms with Crippen molar-refractivity contribution in [3.05, 3.63) is 58.1 Å². The highest BCUT2D eigenvalue weighted by Crippen LogP contribution is 2.39. The van der Waals surface area contributed by atoms with Gasteiger partial charge in [0, 0.05) is 20.1 Å². The molecule has 0 saturated carbocycles. The van der Waals surface area contributed by atoms with Gasteiger partial charge in [0.2, 0.25) is 0 Å². The van der Waals surface area contributed by atoms with Crippen molar-refractivity contribution in [1.29, 1.82) is 10.5 Å². The van der Waals surface area contributed by atoms with Gasteiger partial charge in [0.1, 0.15) is 12.1 Å². The van der Waals surface area contributed by atoms with E-state index in [1.165, 1.54) is 16.7 Å². The Morgan fingerprint density at radius 2 is 1.67 bits per heavy atom. The maximum atomic E-state index is 9.73. The fourth-order valence-corrected chi connectivity index (χ4v) is 4.65. The average molecular weight is 356 g/mol. The Balaban J connectivity index is 1.79. The van der Waals surface area contributed by atoms with Gasteiger partial charge in [0.05, 0.1) is 28.5 Å². The lowest BCUT2D eigenvalue weighted by Crippen LogP contribution is -2.33. The third-order valence-electron chi connectivity index (χ3n) is 5.98. The molecule has 0 fully saturated rings. The van der Waals surface area contributed by atoms with Crippen molar-refractivity contribution in [2.45, 2.75) is 38.6 Å². The van der Waals surface area contributed by atoms with Crippen LogP contribution in [0.25, 0.3) is 0 Å². The SMILES string of the molecule is C[C@@H](c1cc(C#N)c2c(c1)CCCN2C)N1CCCc2cccc(C#N)c21. The van der Waals surface area contributed by atoms with E-state index >= 15 is 0 Å². The van der Waals surface area contributed by atoms with Gasteiger partial charge in [-0.05, 0) is 61.4 Å². The van der Waals surface area contributed by atoms with Crippen LogP contribution in [0.2, 0.25) is 0 Å². The molecule has 0 aromatic heterocycles. The first kappa shape index (κ1) is 17.4. The molecule has 1 atom stereocenters. The summed E-state index contributed by atoms with van der Waals surface area (Å²) in [4.78, 5) is 4.56. The molecule has 4 rings (SSSR count). The summed E-state index contributed by atoms with van der Waals surface area (Å²) in [5, 5.41) is 19.3. The summed E-state index contributed by atoms with van der Waals surface area (Å²) in [6.07, 6.45) is 4.25. The van der Waals surface area contributed by atoms with Crippen LogP contribution in [0, 0.1) is 22.7 Å². The summed E-state index contributed by atoms with van der Waals surface area (Å²) in [6, 6.07) is 15.3. The Labute approximate surface area is 161 Å². The molecule has 136 valence electrons. The molecule has 0 bridgehead atoms. The van der Waals surface area contributed by atoms with Crippen LogP contribution in [0.4, 0.5) is 11.4 Å². The number of nitrogens with zero attached hydrogens (tertiary/aromatic N) is 4. The van der Waals surface area contributed by atoms with Crippen LogP contribution in [-0.4, -0.2) is 20.1 Å². The van der Waals surface area contributed by atoms with Gasteiger partial charge >= 0.3 is 0 Å². The van der Waals surface area contributed by atoms with E-state index < -0.39 is 0 Å². The van der Waals surface area contributed by atoms with Gasteiger partial charge in [-0.1, -0.05) is 18.2 Å². The number of nitriles is 2. The third-order valence-corrected chi connectivity index (χ3v) is 5.98. The summed E-state index contributed by atoms with van der Waals surface area (Å²) in [7, 11) is 2.07. The summed E-state index contributed by atoms with van der Waals surface area (Å²) in [6.45, 7) is 4.13. The van der Waals surface area contributed by atoms with Gasteiger partial charge in [-0.15, -0.1) is 0 Å². The molecular weight excluding hydrogens is 332 g/mol. The molecule has 2 aliphatic heterocycles. The minimum absolute atomic E-state index is 0.128. The van der Waals surface area contributed by atoms with E-state index in [1.54, 1.807) is 0 Å². The van der Waals surface area contributed by atoms with Crippen molar-refractivity contribution in [2.75, 3.05) is 29.9 Å². The van der Waals surface area contributed by atoms with Crippen molar-refractivity contribution in [3.8, 4) is 12.1 Å². The lowest BCUT2D eigenvalue weighted by Gasteiger charge is -2.38. The van der Waals surface area contributed by atoms with Crippen molar-refractivity contribution < 1.29 is 0 Å². The zero-order valence-corrected chi connectivity index (χ0v) is 16.0. The molecule has 2 heterocycles.